The van der Waals surface area contributed by atoms with Crippen molar-refractivity contribution in [2.45, 2.75) is 85.4 Å². The van der Waals surface area contributed by atoms with E-state index in [0.717, 1.165) is 31.9 Å². The number of carbonyl (C=O) groups excluding carboxylic acids is 1. The lowest BCUT2D eigenvalue weighted by molar-refractivity contribution is 0.149. The number of cyclic esters (lactones) is 1. The van der Waals surface area contributed by atoms with Crippen LogP contribution in [0.1, 0.15) is 66.7 Å². The van der Waals surface area contributed by atoms with E-state index in [2.05, 4.69) is 34.6 Å². The Morgan fingerprint density at radius 2 is 1.91 bits per heavy atom. The zero-order valence-corrected chi connectivity index (χ0v) is 15.6. The second kappa shape index (κ2) is 10.6. The third-order valence-corrected chi connectivity index (χ3v) is 4.34. The predicted octanol–water partition coefficient (Wildman–Crippen LogP) is 5.32. The standard InChI is InChI=1S/C18H34BNO3/c1-6-9-12-19(13-10-7-2)23-17(11-8-3)20-16(15(4)5)14-22-18(20)21/h11,15-16H,6-10,12-14H2,1-5H3/b17-11+. The van der Waals surface area contributed by atoms with Gasteiger partial charge in [-0.3, -0.25) is 0 Å². The number of hydrogen-bond acceptors (Lipinski definition) is 3. The highest BCUT2D eigenvalue weighted by atomic mass is 16.6. The molecule has 1 saturated heterocycles. The molecule has 4 nitrogen and oxygen atoms in total. The average Bonchev–Trinajstić information content (AvgIpc) is 2.91. The van der Waals surface area contributed by atoms with Gasteiger partial charge in [-0.05, 0) is 31.1 Å². The summed E-state index contributed by atoms with van der Waals surface area (Å²) < 4.78 is 11.6. The van der Waals surface area contributed by atoms with Crippen molar-refractivity contribution in [1.82, 2.24) is 4.90 Å². The van der Waals surface area contributed by atoms with Crippen LogP contribution in [0.3, 0.4) is 0 Å². The minimum Gasteiger partial charge on any atom is -0.549 e. The molecule has 0 radical (unpaired) electrons. The summed E-state index contributed by atoms with van der Waals surface area (Å²) in [5.41, 5.74) is 0. The third kappa shape index (κ3) is 6.11. The largest absolute Gasteiger partial charge is 0.549 e. The van der Waals surface area contributed by atoms with E-state index in [1.807, 2.05) is 6.08 Å². The summed E-state index contributed by atoms with van der Waals surface area (Å²) in [6, 6.07) is 0.0679. The van der Waals surface area contributed by atoms with Gasteiger partial charge in [0.2, 0.25) is 0 Å². The number of allylic oxidation sites excluding steroid dienone is 1. The first kappa shape index (κ1) is 19.9. The Labute approximate surface area is 142 Å². The fourth-order valence-corrected chi connectivity index (χ4v) is 2.85. The highest BCUT2D eigenvalue weighted by Gasteiger charge is 2.39. The van der Waals surface area contributed by atoms with E-state index < -0.39 is 0 Å². The Morgan fingerprint density at radius 3 is 2.39 bits per heavy atom. The number of ether oxygens (including phenoxy) is 1. The smallest absolute Gasteiger partial charge is 0.417 e. The zero-order chi connectivity index (χ0) is 17.2. The Kier molecular flexibility index (Phi) is 9.19. The van der Waals surface area contributed by atoms with Crippen molar-refractivity contribution in [2.24, 2.45) is 5.92 Å². The molecular formula is C18H34BNO3. The molecule has 1 unspecified atom stereocenters. The van der Waals surface area contributed by atoms with Crippen LogP contribution in [0.4, 0.5) is 4.79 Å². The molecule has 1 amide bonds. The molecule has 132 valence electrons. The van der Waals surface area contributed by atoms with Gasteiger partial charge in [-0.1, -0.05) is 60.3 Å². The number of hydrogen-bond donors (Lipinski definition) is 0. The van der Waals surface area contributed by atoms with E-state index in [4.69, 9.17) is 9.39 Å². The van der Waals surface area contributed by atoms with Gasteiger partial charge in [0.15, 0.2) is 5.88 Å². The van der Waals surface area contributed by atoms with E-state index >= 15 is 0 Å². The molecule has 1 heterocycles. The topological polar surface area (TPSA) is 38.8 Å². The molecule has 0 aromatic rings. The number of unbranched alkanes of at least 4 members (excludes halogenated alkanes) is 2. The molecule has 1 aliphatic rings. The molecule has 0 N–H and O–H groups in total. The maximum Gasteiger partial charge on any atom is 0.417 e. The molecule has 0 aromatic heterocycles. The first-order valence-corrected chi connectivity index (χ1v) is 9.37. The first-order chi connectivity index (χ1) is 11.0. The first-order valence-electron chi connectivity index (χ1n) is 9.37. The Balaban J connectivity index is 2.86. The van der Waals surface area contributed by atoms with Gasteiger partial charge in [0.25, 0.3) is 0 Å². The zero-order valence-electron chi connectivity index (χ0n) is 15.6. The molecule has 1 rings (SSSR count). The van der Waals surface area contributed by atoms with Crippen LogP contribution in [0.2, 0.25) is 12.6 Å². The van der Waals surface area contributed by atoms with Crippen molar-refractivity contribution < 1.29 is 14.2 Å². The van der Waals surface area contributed by atoms with Gasteiger partial charge in [-0.2, -0.15) is 0 Å². The molecule has 0 bridgehead atoms. The summed E-state index contributed by atoms with van der Waals surface area (Å²) >= 11 is 0. The van der Waals surface area contributed by atoms with E-state index in [9.17, 15) is 4.79 Å². The quantitative estimate of drug-likeness (QED) is 0.381. The van der Waals surface area contributed by atoms with Gasteiger partial charge in [-0.15, -0.1) is 0 Å². The van der Waals surface area contributed by atoms with Crippen molar-refractivity contribution in [2.75, 3.05) is 6.61 Å². The number of carbonyl (C=O) groups is 1. The summed E-state index contributed by atoms with van der Waals surface area (Å²) in [7, 11) is 0. The molecule has 5 heteroatoms. The van der Waals surface area contributed by atoms with Gasteiger partial charge in [0.05, 0.1) is 6.04 Å². The van der Waals surface area contributed by atoms with Gasteiger partial charge in [0.1, 0.15) is 6.61 Å². The third-order valence-electron chi connectivity index (χ3n) is 4.34. The van der Waals surface area contributed by atoms with E-state index in [0.29, 0.717) is 18.4 Å². The maximum atomic E-state index is 12.2. The molecule has 0 saturated carbocycles. The summed E-state index contributed by atoms with van der Waals surface area (Å²) in [4.78, 5) is 13.9. The lowest BCUT2D eigenvalue weighted by Crippen LogP contribution is -2.39. The molecule has 1 aliphatic heterocycles. The van der Waals surface area contributed by atoms with Crippen LogP contribution in [-0.2, 0) is 9.39 Å². The Morgan fingerprint density at radius 1 is 1.30 bits per heavy atom. The lowest BCUT2D eigenvalue weighted by Gasteiger charge is -2.29. The second-order valence-corrected chi connectivity index (χ2v) is 6.73. The van der Waals surface area contributed by atoms with Crippen LogP contribution in [0, 0.1) is 5.92 Å². The molecule has 1 fully saturated rings. The van der Waals surface area contributed by atoms with Crippen molar-refractivity contribution >= 4 is 13.0 Å². The van der Waals surface area contributed by atoms with E-state index in [1.165, 1.54) is 12.8 Å². The number of nitrogens with zero attached hydrogens (tertiary/aromatic N) is 1. The molecule has 23 heavy (non-hydrogen) atoms. The van der Waals surface area contributed by atoms with Crippen LogP contribution in [0.15, 0.2) is 12.0 Å². The summed E-state index contributed by atoms with van der Waals surface area (Å²) in [5.74, 6) is 1.04. The lowest BCUT2D eigenvalue weighted by atomic mass is 9.59. The van der Waals surface area contributed by atoms with E-state index in [1.54, 1.807) is 4.90 Å². The van der Waals surface area contributed by atoms with Gasteiger partial charge < -0.3 is 9.39 Å². The highest BCUT2D eigenvalue weighted by molar-refractivity contribution is 6.52. The van der Waals surface area contributed by atoms with Crippen LogP contribution >= 0.6 is 0 Å². The SMILES string of the molecule is CC/C=C(/OB(CCCC)CCCC)N1C(=O)OCC1C(C)C. The summed E-state index contributed by atoms with van der Waals surface area (Å²) in [6.45, 7) is 11.4. The minimum absolute atomic E-state index is 0.0679. The Bertz CT molecular complexity index is 376. The molecule has 1 atom stereocenters. The fourth-order valence-electron chi connectivity index (χ4n) is 2.85. The highest BCUT2D eigenvalue weighted by Crippen LogP contribution is 2.27. The van der Waals surface area contributed by atoms with E-state index in [-0.39, 0.29) is 19.1 Å². The average molecular weight is 323 g/mol. The number of amides is 1. The fraction of sp³-hybridized carbons (Fsp3) is 0.833. The van der Waals surface area contributed by atoms with Crippen molar-refractivity contribution in [1.29, 1.82) is 0 Å². The van der Waals surface area contributed by atoms with Gasteiger partial charge in [-0.25, -0.2) is 9.69 Å². The predicted molar refractivity (Wildman–Crippen MR) is 96.5 cm³/mol. The van der Waals surface area contributed by atoms with Crippen LogP contribution in [0.5, 0.6) is 0 Å². The van der Waals surface area contributed by atoms with Gasteiger partial charge in [0, 0.05) is 0 Å². The maximum absolute atomic E-state index is 12.2. The van der Waals surface area contributed by atoms with Crippen molar-refractivity contribution in [3.8, 4) is 0 Å². The number of rotatable bonds is 11. The minimum atomic E-state index is -0.270. The normalized spacial score (nSPS) is 18.5. The molecule has 0 aliphatic carbocycles. The van der Waals surface area contributed by atoms with Crippen LogP contribution in [0.25, 0.3) is 0 Å². The summed E-state index contributed by atoms with van der Waals surface area (Å²) in [6.07, 6.45) is 9.34. The molecule has 0 spiro atoms. The molecule has 0 aromatic carbocycles. The van der Waals surface area contributed by atoms with Gasteiger partial charge >= 0.3 is 13.0 Å². The van der Waals surface area contributed by atoms with Crippen LogP contribution in [-0.4, -0.2) is 30.6 Å². The van der Waals surface area contributed by atoms with Crippen LogP contribution < -0.4 is 0 Å². The second-order valence-electron chi connectivity index (χ2n) is 6.73. The van der Waals surface area contributed by atoms with Crippen molar-refractivity contribution in [3.05, 3.63) is 12.0 Å². The molecular weight excluding hydrogens is 289 g/mol. The Hall–Kier alpha value is -1.13. The monoisotopic (exact) mass is 323 g/mol. The summed E-state index contributed by atoms with van der Waals surface area (Å²) in [5, 5.41) is 0. The van der Waals surface area contributed by atoms with Crippen molar-refractivity contribution in [3.63, 3.8) is 0 Å².